The third-order valence-electron chi connectivity index (χ3n) is 4.77. The standard InChI is InChI=1S/C21H24N4O2/c1-4-5-20(26)24-12-10-17(11-13-24)21(27)22-18-6-8-19(9-7-18)25-16(3)14-15(2)23-25/h6-9,14,17H,10-13H2,1-3H3,(H,22,27). The lowest BCUT2D eigenvalue weighted by molar-refractivity contribution is -0.129. The molecule has 1 saturated heterocycles. The Bertz CT molecular complexity index is 894. The molecule has 0 spiro atoms. The van der Waals surface area contributed by atoms with Gasteiger partial charge in [0.25, 0.3) is 5.91 Å². The molecule has 2 amide bonds. The molecule has 0 bridgehead atoms. The largest absolute Gasteiger partial charge is 0.332 e. The summed E-state index contributed by atoms with van der Waals surface area (Å²) in [6.07, 6.45) is 1.32. The molecular weight excluding hydrogens is 340 g/mol. The van der Waals surface area contributed by atoms with Crippen LogP contribution >= 0.6 is 0 Å². The van der Waals surface area contributed by atoms with Crippen LogP contribution in [0.3, 0.4) is 0 Å². The summed E-state index contributed by atoms with van der Waals surface area (Å²) in [5.41, 5.74) is 3.76. The number of benzene rings is 1. The zero-order valence-corrected chi connectivity index (χ0v) is 16.0. The van der Waals surface area contributed by atoms with Crippen molar-refractivity contribution in [2.45, 2.75) is 33.6 Å². The maximum atomic E-state index is 12.5. The Labute approximate surface area is 159 Å². The van der Waals surface area contributed by atoms with Crippen LogP contribution in [0.4, 0.5) is 5.69 Å². The number of carbonyl (C=O) groups excluding carboxylic acids is 2. The Morgan fingerprint density at radius 2 is 1.81 bits per heavy atom. The van der Waals surface area contributed by atoms with Crippen LogP contribution in [0.5, 0.6) is 0 Å². The fraction of sp³-hybridized carbons (Fsp3) is 0.381. The van der Waals surface area contributed by atoms with Gasteiger partial charge in [0.2, 0.25) is 5.91 Å². The SMILES string of the molecule is CC#CC(=O)N1CCC(C(=O)Nc2ccc(-n3nc(C)cc3C)cc2)CC1. The molecule has 1 fully saturated rings. The maximum absolute atomic E-state index is 12.5. The number of hydrogen-bond acceptors (Lipinski definition) is 3. The molecule has 6 heteroatoms. The average Bonchev–Trinajstić information content (AvgIpc) is 3.01. The van der Waals surface area contributed by atoms with E-state index >= 15 is 0 Å². The number of anilines is 1. The molecule has 27 heavy (non-hydrogen) atoms. The summed E-state index contributed by atoms with van der Waals surface area (Å²) in [6.45, 7) is 6.77. The Balaban J connectivity index is 1.58. The second kappa shape index (κ2) is 8.09. The monoisotopic (exact) mass is 364 g/mol. The van der Waals surface area contributed by atoms with Gasteiger partial charge in [0.1, 0.15) is 0 Å². The molecule has 2 heterocycles. The van der Waals surface area contributed by atoms with Crippen molar-refractivity contribution in [2.75, 3.05) is 18.4 Å². The van der Waals surface area contributed by atoms with Crippen molar-refractivity contribution in [2.24, 2.45) is 5.92 Å². The van der Waals surface area contributed by atoms with Gasteiger partial charge in [0, 0.05) is 30.4 Å². The van der Waals surface area contributed by atoms with Crippen LogP contribution in [0.2, 0.25) is 0 Å². The van der Waals surface area contributed by atoms with Gasteiger partial charge >= 0.3 is 0 Å². The molecule has 2 aromatic rings. The molecule has 0 aliphatic carbocycles. The van der Waals surface area contributed by atoms with E-state index in [1.165, 1.54) is 0 Å². The lowest BCUT2D eigenvalue weighted by Crippen LogP contribution is -2.41. The van der Waals surface area contributed by atoms with Crippen molar-refractivity contribution in [3.8, 4) is 17.5 Å². The highest BCUT2D eigenvalue weighted by Crippen LogP contribution is 2.21. The molecule has 1 aromatic carbocycles. The summed E-state index contributed by atoms with van der Waals surface area (Å²) in [4.78, 5) is 26.0. The number of rotatable bonds is 3. The number of likely N-dealkylation sites (tertiary alicyclic amines) is 1. The summed E-state index contributed by atoms with van der Waals surface area (Å²) in [7, 11) is 0. The van der Waals surface area contributed by atoms with E-state index in [1.54, 1.807) is 11.8 Å². The molecule has 0 radical (unpaired) electrons. The lowest BCUT2D eigenvalue weighted by atomic mass is 9.95. The number of aryl methyl sites for hydroxylation is 2. The van der Waals surface area contributed by atoms with Gasteiger partial charge in [-0.2, -0.15) is 5.10 Å². The maximum Gasteiger partial charge on any atom is 0.298 e. The van der Waals surface area contributed by atoms with Crippen LogP contribution < -0.4 is 5.32 Å². The van der Waals surface area contributed by atoms with E-state index in [1.807, 2.05) is 48.9 Å². The predicted octanol–water partition coefficient (Wildman–Crippen LogP) is 2.69. The number of nitrogens with zero attached hydrogens (tertiary/aromatic N) is 3. The molecule has 3 rings (SSSR count). The number of nitrogens with one attached hydrogen (secondary N) is 1. The van der Waals surface area contributed by atoms with E-state index in [4.69, 9.17) is 0 Å². The van der Waals surface area contributed by atoms with Crippen LogP contribution in [-0.4, -0.2) is 39.6 Å². The molecule has 140 valence electrons. The third-order valence-corrected chi connectivity index (χ3v) is 4.77. The molecular formula is C21H24N4O2. The van der Waals surface area contributed by atoms with Gasteiger partial charge in [-0.1, -0.05) is 5.92 Å². The topological polar surface area (TPSA) is 67.2 Å². The highest BCUT2D eigenvalue weighted by molar-refractivity contribution is 5.94. The summed E-state index contributed by atoms with van der Waals surface area (Å²) >= 11 is 0. The first-order valence-corrected chi connectivity index (χ1v) is 9.14. The van der Waals surface area contributed by atoms with E-state index in [2.05, 4.69) is 22.3 Å². The number of piperidine rings is 1. The van der Waals surface area contributed by atoms with E-state index in [0.717, 1.165) is 22.8 Å². The Morgan fingerprint density at radius 1 is 1.15 bits per heavy atom. The fourth-order valence-electron chi connectivity index (χ4n) is 3.35. The average molecular weight is 364 g/mol. The highest BCUT2D eigenvalue weighted by atomic mass is 16.2. The second-order valence-corrected chi connectivity index (χ2v) is 6.82. The predicted molar refractivity (Wildman–Crippen MR) is 104 cm³/mol. The van der Waals surface area contributed by atoms with E-state index in [-0.39, 0.29) is 17.7 Å². The van der Waals surface area contributed by atoms with Crippen LogP contribution in [0.15, 0.2) is 30.3 Å². The van der Waals surface area contributed by atoms with Crippen LogP contribution in [0, 0.1) is 31.6 Å². The molecule has 1 aliphatic rings. The van der Waals surface area contributed by atoms with E-state index in [0.29, 0.717) is 25.9 Å². The fourth-order valence-corrected chi connectivity index (χ4v) is 3.35. The van der Waals surface area contributed by atoms with E-state index < -0.39 is 0 Å². The molecule has 1 aliphatic heterocycles. The first-order valence-electron chi connectivity index (χ1n) is 9.14. The Hall–Kier alpha value is -3.07. The van der Waals surface area contributed by atoms with Gasteiger partial charge in [0.05, 0.1) is 11.4 Å². The van der Waals surface area contributed by atoms with Gasteiger partial charge in [-0.05, 0) is 69.9 Å². The molecule has 1 aromatic heterocycles. The second-order valence-electron chi connectivity index (χ2n) is 6.82. The van der Waals surface area contributed by atoms with Gasteiger partial charge in [-0.3, -0.25) is 9.59 Å². The number of aromatic nitrogens is 2. The smallest absolute Gasteiger partial charge is 0.298 e. The van der Waals surface area contributed by atoms with Crippen molar-refractivity contribution in [3.63, 3.8) is 0 Å². The minimum absolute atomic E-state index is 0.00235. The number of hydrogen-bond donors (Lipinski definition) is 1. The minimum Gasteiger partial charge on any atom is -0.332 e. The summed E-state index contributed by atoms with van der Waals surface area (Å²) in [5.74, 6) is 4.94. The van der Waals surface area contributed by atoms with Crippen molar-refractivity contribution in [1.29, 1.82) is 0 Å². The third kappa shape index (κ3) is 4.37. The first kappa shape index (κ1) is 18.7. The Morgan fingerprint density at radius 3 is 2.37 bits per heavy atom. The van der Waals surface area contributed by atoms with Crippen molar-refractivity contribution in [1.82, 2.24) is 14.7 Å². The molecule has 0 atom stereocenters. The van der Waals surface area contributed by atoms with Gasteiger partial charge in [0.15, 0.2) is 0 Å². The zero-order chi connectivity index (χ0) is 19.4. The number of amides is 2. The first-order chi connectivity index (χ1) is 13.0. The molecule has 0 saturated carbocycles. The minimum atomic E-state index is -0.156. The lowest BCUT2D eigenvalue weighted by Gasteiger charge is -2.30. The quantitative estimate of drug-likeness (QED) is 0.852. The molecule has 1 N–H and O–H groups in total. The van der Waals surface area contributed by atoms with Crippen molar-refractivity contribution >= 4 is 17.5 Å². The van der Waals surface area contributed by atoms with Crippen LogP contribution in [0.1, 0.15) is 31.2 Å². The summed E-state index contributed by atoms with van der Waals surface area (Å²) in [5, 5.41) is 7.45. The zero-order valence-electron chi connectivity index (χ0n) is 16.0. The molecule has 0 unspecified atom stereocenters. The molecule has 6 nitrogen and oxygen atoms in total. The van der Waals surface area contributed by atoms with Crippen molar-refractivity contribution in [3.05, 3.63) is 41.7 Å². The van der Waals surface area contributed by atoms with Gasteiger partial charge in [-0.25, -0.2) is 4.68 Å². The van der Waals surface area contributed by atoms with Crippen LogP contribution in [0.25, 0.3) is 5.69 Å². The Kier molecular flexibility index (Phi) is 5.60. The van der Waals surface area contributed by atoms with E-state index in [9.17, 15) is 9.59 Å². The summed E-state index contributed by atoms with van der Waals surface area (Å²) < 4.78 is 1.88. The highest BCUT2D eigenvalue weighted by Gasteiger charge is 2.26. The van der Waals surface area contributed by atoms with Crippen molar-refractivity contribution < 1.29 is 9.59 Å². The summed E-state index contributed by atoms with van der Waals surface area (Å²) in [6, 6.07) is 9.69. The van der Waals surface area contributed by atoms with Crippen LogP contribution in [-0.2, 0) is 9.59 Å². The van der Waals surface area contributed by atoms with Gasteiger partial charge < -0.3 is 10.2 Å². The normalized spacial score (nSPS) is 14.4. The number of carbonyl (C=O) groups is 2. The van der Waals surface area contributed by atoms with Gasteiger partial charge in [-0.15, -0.1) is 0 Å².